The maximum atomic E-state index is 12.5. The second-order valence-corrected chi connectivity index (χ2v) is 6.89. The summed E-state index contributed by atoms with van der Waals surface area (Å²) in [5.41, 5.74) is 1.01. The van der Waals surface area contributed by atoms with E-state index in [1.54, 1.807) is 11.8 Å². The average molecular weight is 307 g/mol. The number of rotatable bonds is 5. The second-order valence-electron chi connectivity index (χ2n) is 5.76. The van der Waals surface area contributed by atoms with Crippen molar-refractivity contribution in [1.82, 2.24) is 5.32 Å². The first kappa shape index (κ1) is 15.9. The highest BCUT2D eigenvalue weighted by atomic mass is 32.2. The SMILES string of the molecule is CC(C)C[C@@H](NC(=O)C1CCSc2ccccc21)C(=O)O. The highest BCUT2D eigenvalue weighted by Gasteiger charge is 2.30. The third kappa shape index (κ3) is 4.00. The summed E-state index contributed by atoms with van der Waals surface area (Å²) in [4.78, 5) is 24.9. The van der Waals surface area contributed by atoms with Crippen molar-refractivity contribution in [3.05, 3.63) is 29.8 Å². The van der Waals surface area contributed by atoms with Crippen LogP contribution < -0.4 is 5.32 Å². The van der Waals surface area contributed by atoms with E-state index in [0.29, 0.717) is 6.42 Å². The van der Waals surface area contributed by atoms with E-state index in [1.165, 1.54) is 0 Å². The highest BCUT2D eigenvalue weighted by molar-refractivity contribution is 7.99. The number of carboxylic acids is 1. The van der Waals surface area contributed by atoms with Crippen molar-refractivity contribution in [2.75, 3.05) is 5.75 Å². The molecule has 0 fully saturated rings. The van der Waals surface area contributed by atoms with Gasteiger partial charge in [0.2, 0.25) is 5.91 Å². The van der Waals surface area contributed by atoms with Crippen molar-refractivity contribution in [1.29, 1.82) is 0 Å². The van der Waals surface area contributed by atoms with Gasteiger partial charge in [-0.15, -0.1) is 11.8 Å². The number of carboxylic acid groups (broad SMARTS) is 1. The normalized spacial score (nSPS) is 18.9. The van der Waals surface area contributed by atoms with Crippen LogP contribution in [0.3, 0.4) is 0 Å². The molecule has 0 aromatic heterocycles. The first-order chi connectivity index (χ1) is 9.99. The second kappa shape index (κ2) is 6.98. The summed E-state index contributed by atoms with van der Waals surface area (Å²) < 4.78 is 0. The quantitative estimate of drug-likeness (QED) is 0.878. The van der Waals surface area contributed by atoms with Crippen LogP contribution >= 0.6 is 11.8 Å². The Morgan fingerprint density at radius 1 is 1.38 bits per heavy atom. The molecule has 0 saturated heterocycles. The fourth-order valence-electron chi connectivity index (χ4n) is 2.58. The Labute approximate surface area is 129 Å². The minimum Gasteiger partial charge on any atom is -0.480 e. The number of carbonyl (C=O) groups excluding carboxylic acids is 1. The molecule has 1 aromatic rings. The lowest BCUT2D eigenvalue weighted by Crippen LogP contribution is -2.44. The maximum absolute atomic E-state index is 12.5. The summed E-state index contributed by atoms with van der Waals surface area (Å²) >= 11 is 1.75. The summed E-state index contributed by atoms with van der Waals surface area (Å²) in [5, 5.41) is 12.0. The molecule has 2 N–H and O–H groups in total. The predicted octanol–water partition coefficient (Wildman–Crippen LogP) is 2.88. The largest absolute Gasteiger partial charge is 0.480 e. The monoisotopic (exact) mass is 307 g/mol. The summed E-state index contributed by atoms with van der Waals surface area (Å²) in [5.74, 6) is -0.264. The molecule has 1 unspecified atom stereocenters. The minimum absolute atomic E-state index is 0.171. The van der Waals surface area contributed by atoms with Crippen LogP contribution in [0.1, 0.15) is 38.2 Å². The van der Waals surface area contributed by atoms with E-state index >= 15 is 0 Å². The molecule has 1 heterocycles. The van der Waals surface area contributed by atoms with Gasteiger partial charge in [-0.05, 0) is 36.1 Å². The molecule has 1 aliphatic rings. The van der Waals surface area contributed by atoms with Gasteiger partial charge in [0.25, 0.3) is 0 Å². The Morgan fingerprint density at radius 2 is 2.10 bits per heavy atom. The molecule has 114 valence electrons. The summed E-state index contributed by atoms with van der Waals surface area (Å²) in [6, 6.07) is 7.06. The van der Waals surface area contributed by atoms with Gasteiger partial charge in [0.1, 0.15) is 6.04 Å². The lowest BCUT2D eigenvalue weighted by molar-refractivity contribution is -0.142. The fraction of sp³-hybridized carbons (Fsp3) is 0.500. The Hall–Kier alpha value is -1.49. The minimum atomic E-state index is -0.962. The van der Waals surface area contributed by atoms with Gasteiger partial charge in [0.15, 0.2) is 0 Å². The molecule has 5 heteroatoms. The van der Waals surface area contributed by atoms with Crippen LogP contribution in [0.15, 0.2) is 29.2 Å². The third-order valence-electron chi connectivity index (χ3n) is 3.60. The molecule has 4 nitrogen and oxygen atoms in total. The Bertz CT molecular complexity index is 530. The molecule has 2 rings (SSSR count). The lowest BCUT2D eigenvalue weighted by atomic mass is 9.94. The number of aliphatic carboxylic acids is 1. The molecule has 0 saturated carbocycles. The molecule has 1 aliphatic heterocycles. The van der Waals surface area contributed by atoms with Gasteiger partial charge >= 0.3 is 5.97 Å². The molecular formula is C16H21NO3S. The predicted molar refractivity (Wildman–Crippen MR) is 83.5 cm³/mol. The molecule has 0 bridgehead atoms. The first-order valence-electron chi connectivity index (χ1n) is 7.24. The van der Waals surface area contributed by atoms with Crippen LogP contribution in [0.2, 0.25) is 0 Å². The van der Waals surface area contributed by atoms with Crippen LogP contribution in [-0.4, -0.2) is 28.8 Å². The highest BCUT2D eigenvalue weighted by Crippen LogP contribution is 2.37. The van der Waals surface area contributed by atoms with Crippen LogP contribution in [0.25, 0.3) is 0 Å². The van der Waals surface area contributed by atoms with E-state index in [1.807, 2.05) is 38.1 Å². The van der Waals surface area contributed by atoms with Gasteiger partial charge in [0.05, 0.1) is 5.92 Å². The number of carbonyl (C=O) groups is 2. The van der Waals surface area contributed by atoms with E-state index in [-0.39, 0.29) is 17.7 Å². The fourth-order valence-corrected chi connectivity index (χ4v) is 3.70. The number of hydrogen-bond acceptors (Lipinski definition) is 3. The van der Waals surface area contributed by atoms with Gasteiger partial charge in [-0.2, -0.15) is 0 Å². The molecule has 1 aromatic carbocycles. The first-order valence-corrected chi connectivity index (χ1v) is 8.22. The van der Waals surface area contributed by atoms with E-state index in [4.69, 9.17) is 0 Å². The number of nitrogens with one attached hydrogen (secondary N) is 1. The lowest BCUT2D eigenvalue weighted by Gasteiger charge is -2.26. The topological polar surface area (TPSA) is 66.4 Å². The molecule has 0 spiro atoms. The van der Waals surface area contributed by atoms with Gasteiger partial charge in [-0.25, -0.2) is 4.79 Å². The van der Waals surface area contributed by atoms with E-state index in [0.717, 1.165) is 22.6 Å². The molecule has 21 heavy (non-hydrogen) atoms. The number of fused-ring (bicyclic) bond motifs is 1. The summed E-state index contributed by atoms with van der Waals surface area (Å²) in [6.07, 6.45) is 1.20. The molecule has 1 amide bonds. The Morgan fingerprint density at radius 3 is 2.76 bits per heavy atom. The molecule has 2 atom stereocenters. The van der Waals surface area contributed by atoms with Crippen molar-refractivity contribution >= 4 is 23.6 Å². The van der Waals surface area contributed by atoms with Crippen molar-refractivity contribution in [2.24, 2.45) is 5.92 Å². The smallest absolute Gasteiger partial charge is 0.326 e. The van der Waals surface area contributed by atoms with Gasteiger partial charge < -0.3 is 10.4 Å². The number of thioether (sulfide) groups is 1. The number of benzene rings is 1. The van der Waals surface area contributed by atoms with Gasteiger partial charge in [0, 0.05) is 4.90 Å². The molecular weight excluding hydrogens is 286 g/mol. The van der Waals surface area contributed by atoms with Gasteiger partial charge in [-0.1, -0.05) is 32.0 Å². The van der Waals surface area contributed by atoms with E-state index < -0.39 is 12.0 Å². The average Bonchev–Trinajstić information content (AvgIpc) is 2.45. The van der Waals surface area contributed by atoms with Gasteiger partial charge in [-0.3, -0.25) is 4.79 Å². The van der Waals surface area contributed by atoms with Crippen molar-refractivity contribution in [3.63, 3.8) is 0 Å². The third-order valence-corrected chi connectivity index (χ3v) is 4.72. The van der Waals surface area contributed by atoms with Crippen LogP contribution in [0.4, 0.5) is 0 Å². The molecule has 0 aliphatic carbocycles. The number of amides is 1. The van der Waals surface area contributed by atoms with Crippen molar-refractivity contribution in [3.8, 4) is 0 Å². The molecule has 0 radical (unpaired) electrons. The van der Waals surface area contributed by atoms with Crippen LogP contribution in [-0.2, 0) is 9.59 Å². The van der Waals surface area contributed by atoms with E-state index in [2.05, 4.69) is 5.32 Å². The Balaban J connectivity index is 2.12. The van der Waals surface area contributed by atoms with Crippen LogP contribution in [0, 0.1) is 5.92 Å². The van der Waals surface area contributed by atoms with Crippen molar-refractivity contribution < 1.29 is 14.7 Å². The Kier molecular flexibility index (Phi) is 5.28. The zero-order chi connectivity index (χ0) is 15.4. The summed E-state index contributed by atoms with van der Waals surface area (Å²) in [6.45, 7) is 3.91. The van der Waals surface area contributed by atoms with E-state index in [9.17, 15) is 14.7 Å². The number of hydrogen-bond donors (Lipinski definition) is 2. The van der Waals surface area contributed by atoms with Crippen LogP contribution in [0.5, 0.6) is 0 Å². The standard InChI is InChI=1S/C16H21NO3S/c1-10(2)9-13(16(19)20)17-15(18)12-7-8-21-14-6-4-3-5-11(12)14/h3-6,10,12-13H,7-9H2,1-2H3,(H,17,18)(H,19,20)/t12?,13-/m1/s1. The maximum Gasteiger partial charge on any atom is 0.326 e. The zero-order valence-corrected chi connectivity index (χ0v) is 13.2. The zero-order valence-electron chi connectivity index (χ0n) is 12.3. The summed E-state index contributed by atoms with van der Waals surface area (Å²) in [7, 11) is 0. The van der Waals surface area contributed by atoms with Crippen molar-refractivity contribution in [2.45, 2.75) is 43.5 Å².